The normalized spacial score (nSPS) is 12.7. The molecule has 0 bridgehead atoms. The van der Waals surface area contributed by atoms with Gasteiger partial charge in [-0.15, -0.1) is 11.3 Å². The van der Waals surface area contributed by atoms with Crippen molar-refractivity contribution < 1.29 is 0 Å². The highest BCUT2D eigenvalue weighted by Gasteiger charge is 2.11. The smallest absolute Gasteiger partial charge is 0.151 e. The van der Waals surface area contributed by atoms with E-state index in [0.717, 1.165) is 15.6 Å². The second-order valence-electron chi connectivity index (χ2n) is 4.60. The molecule has 0 saturated heterocycles. The maximum absolute atomic E-state index is 5.91. The van der Waals surface area contributed by atoms with Gasteiger partial charge in [-0.2, -0.15) is 0 Å². The van der Waals surface area contributed by atoms with Gasteiger partial charge in [0.25, 0.3) is 0 Å². The molecule has 1 aromatic heterocycles. The van der Waals surface area contributed by atoms with Crippen LogP contribution in [0.4, 0.5) is 0 Å². The summed E-state index contributed by atoms with van der Waals surface area (Å²) in [4.78, 5) is 4.65. The number of nitrogens with two attached hydrogens (primary N) is 1. The molecule has 1 heterocycles. The van der Waals surface area contributed by atoms with Crippen molar-refractivity contribution >= 4 is 33.3 Å². The SMILES string of the molecule is NCC(CSc1nc2ccccc2s1)c1ccccc1. The third-order valence-corrected chi connectivity index (χ3v) is 5.58. The van der Waals surface area contributed by atoms with Crippen LogP contribution in [0.15, 0.2) is 58.9 Å². The molecule has 2 nitrogen and oxygen atoms in total. The topological polar surface area (TPSA) is 38.9 Å². The Morgan fingerprint density at radius 3 is 2.55 bits per heavy atom. The fourth-order valence-electron chi connectivity index (χ4n) is 2.11. The maximum Gasteiger partial charge on any atom is 0.151 e. The first kappa shape index (κ1) is 13.6. The number of fused-ring (bicyclic) bond motifs is 1. The van der Waals surface area contributed by atoms with Crippen LogP contribution < -0.4 is 5.73 Å². The van der Waals surface area contributed by atoms with Crippen LogP contribution in [-0.4, -0.2) is 17.3 Å². The number of thioether (sulfide) groups is 1. The van der Waals surface area contributed by atoms with Gasteiger partial charge >= 0.3 is 0 Å². The predicted octanol–water partition coefficient (Wildman–Crippen LogP) is 4.13. The quantitative estimate of drug-likeness (QED) is 0.720. The van der Waals surface area contributed by atoms with Crippen molar-refractivity contribution in [3.63, 3.8) is 0 Å². The van der Waals surface area contributed by atoms with Gasteiger partial charge in [0.2, 0.25) is 0 Å². The first-order valence-electron chi connectivity index (χ1n) is 6.60. The summed E-state index contributed by atoms with van der Waals surface area (Å²) in [5, 5.41) is 0. The molecule has 2 aromatic carbocycles. The molecule has 4 heteroatoms. The summed E-state index contributed by atoms with van der Waals surface area (Å²) in [6, 6.07) is 18.7. The molecule has 0 spiro atoms. The molecule has 0 aliphatic carbocycles. The number of hydrogen-bond donors (Lipinski definition) is 1. The highest BCUT2D eigenvalue weighted by molar-refractivity contribution is 8.01. The molecule has 0 saturated carbocycles. The zero-order valence-corrected chi connectivity index (χ0v) is 12.7. The highest BCUT2D eigenvalue weighted by atomic mass is 32.2. The average Bonchev–Trinajstić information content (AvgIpc) is 2.92. The molecule has 0 fully saturated rings. The van der Waals surface area contributed by atoms with E-state index in [1.807, 2.05) is 12.1 Å². The van der Waals surface area contributed by atoms with Gasteiger partial charge in [0, 0.05) is 11.7 Å². The number of rotatable bonds is 5. The second-order valence-corrected chi connectivity index (χ2v) is 6.90. The summed E-state index contributed by atoms with van der Waals surface area (Å²) in [5.74, 6) is 1.36. The summed E-state index contributed by atoms with van der Waals surface area (Å²) in [6.07, 6.45) is 0. The second kappa shape index (κ2) is 6.39. The Balaban J connectivity index is 1.71. The van der Waals surface area contributed by atoms with Crippen molar-refractivity contribution in [2.24, 2.45) is 5.73 Å². The van der Waals surface area contributed by atoms with Crippen molar-refractivity contribution in [2.45, 2.75) is 10.3 Å². The third kappa shape index (κ3) is 3.03. The van der Waals surface area contributed by atoms with Crippen molar-refractivity contribution in [1.29, 1.82) is 0 Å². The molecule has 0 amide bonds. The zero-order valence-electron chi connectivity index (χ0n) is 11.0. The lowest BCUT2D eigenvalue weighted by molar-refractivity contribution is 0.785. The van der Waals surface area contributed by atoms with Crippen LogP contribution in [-0.2, 0) is 0 Å². The number of thiazole rings is 1. The summed E-state index contributed by atoms with van der Waals surface area (Å²) >= 11 is 3.56. The number of hydrogen-bond acceptors (Lipinski definition) is 4. The van der Waals surface area contributed by atoms with Crippen molar-refractivity contribution in [2.75, 3.05) is 12.3 Å². The molecular weight excluding hydrogens is 284 g/mol. The lowest BCUT2D eigenvalue weighted by Crippen LogP contribution is -2.14. The van der Waals surface area contributed by atoms with Crippen molar-refractivity contribution in [3.05, 3.63) is 60.2 Å². The molecule has 102 valence electrons. The molecule has 0 aliphatic rings. The van der Waals surface area contributed by atoms with Crippen LogP contribution in [0, 0.1) is 0 Å². The minimum Gasteiger partial charge on any atom is -0.330 e. The Bertz CT molecular complexity index is 646. The van der Waals surface area contributed by atoms with Gasteiger partial charge in [-0.05, 0) is 24.2 Å². The van der Waals surface area contributed by atoms with E-state index in [-0.39, 0.29) is 0 Å². The van der Waals surface area contributed by atoms with Gasteiger partial charge in [0.1, 0.15) is 0 Å². The van der Waals surface area contributed by atoms with E-state index in [1.165, 1.54) is 10.3 Å². The molecule has 0 aliphatic heterocycles. The molecule has 1 unspecified atom stereocenters. The number of para-hydroxylation sites is 1. The minimum atomic E-state index is 0.383. The first-order valence-corrected chi connectivity index (χ1v) is 8.40. The summed E-state index contributed by atoms with van der Waals surface area (Å²) in [5.41, 5.74) is 8.31. The molecule has 20 heavy (non-hydrogen) atoms. The van der Waals surface area contributed by atoms with Crippen LogP contribution in [0.5, 0.6) is 0 Å². The van der Waals surface area contributed by atoms with E-state index in [2.05, 4.69) is 47.4 Å². The summed E-state index contributed by atoms with van der Waals surface area (Å²) in [7, 11) is 0. The zero-order chi connectivity index (χ0) is 13.8. The van der Waals surface area contributed by atoms with Gasteiger partial charge in [-0.25, -0.2) is 4.98 Å². The van der Waals surface area contributed by atoms with Crippen LogP contribution in [0.25, 0.3) is 10.2 Å². The molecule has 2 N–H and O–H groups in total. The van der Waals surface area contributed by atoms with Crippen LogP contribution >= 0.6 is 23.1 Å². The fraction of sp³-hybridized carbons (Fsp3) is 0.188. The standard InChI is InChI=1S/C16H16N2S2/c17-10-13(12-6-2-1-3-7-12)11-19-16-18-14-8-4-5-9-15(14)20-16/h1-9,13H,10-11,17H2. The van der Waals surface area contributed by atoms with Crippen LogP contribution in [0.2, 0.25) is 0 Å². The number of aromatic nitrogens is 1. The lowest BCUT2D eigenvalue weighted by atomic mass is 10.0. The first-order chi connectivity index (χ1) is 9.86. The molecule has 0 radical (unpaired) electrons. The van der Waals surface area contributed by atoms with E-state index in [9.17, 15) is 0 Å². The molecule has 3 aromatic rings. The van der Waals surface area contributed by atoms with Crippen LogP contribution in [0.1, 0.15) is 11.5 Å². The van der Waals surface area contributed by atoms with E-state index >= 15 is 0 Å². The highest BCUT2D eigenvalue weighted by Crippen LogP contribution is 2.32. The predicted molar refractivity (Wildman–Crippen MR) is 88.6 cm³/mol. The Hall–Kier alpha value is -1.36. The lowest BCUT2D eigenvalue weighted by Gasteiger charge is -2.13. The Kier molecular flexibility index (Phi) is 4.35. The Morgan fingerprint density at radius 2 is 1.80 bits per heavy atom. The largest absolute Gasteiger partial charge is 0.330 e. The monoisotopic (exact) mass is 300 g/mol. The van der Waals surface area contributed by atoms with Crippen molar-refractivity contribution in [1.82, 2.24) is 4.98 Å². The number of nitrogens with zero attached hydrogens (tertiary/aromatic N) is 1. The molecule has 1 atom stereocenters. The third-order valence-electron chi connectivity index (χ3n) is 3.24. The molecular formula is C16H16N2S2. The summed E-state index contributed by atoms with van der Waals surface area (Å²) in [6.45, 7) is 0.669. The fourth-order valence-corrected chi connectivity index (χ4v) is 4.35. The van der Waals surface area contributed by atoms with Gasteiger partial charge < -0.3 is 5.73 Å². The van der Waals surface area contributed by atoms with E-state index in [1.54, 1.807) is 23.1 Å². The van der Waals surface area contributed by atoms with Gasteiger partial charge in [0.15, 0.2) is 4.34 Å². The van der Waals surface area contributed by atoms with E-state index < -0.39 is 0 Å². The summed E-state index contributed by atoms with van der Waals surface area (Å²) < 4.78 is 2.37. The van der Waals surface area contributed by atoms with Crippen LogP contribution in [0.3, 0.4) is 0 Å². The van der Waals surface area contributed by atoms with Gasteiger partial charge in [0.05, 0.1) is 10.2 Å². The van der Waals surface area contributed by atoms with Crippen molar-refractivity contribution in [3.8, 4) is 0 Å². The maximum atomic E-state index is 5.91. The molecule has 3 rings (SSSR count). The van der Waals surface area contributed by atoms with Gasteiger partial charge in [-0.1, -0.05) is 54.2 Å². The van der Waals surface area contributed by atoms with E-state index in [4.69, 9.17) is 5.73 Å². The Morgan fingerprint density at radius 1 is 1.05 bits per heavy atom. The van der Waals surface area contributed by atoms with E-state index in [0.29, 0.717) is 12.5 Å². The number of benzene rings is 2. The van der Waals surface area contributed by atoms with Gasteiger partial charge in [-0.3, -0.25) is 0 Å². The minimum absolute atomic E-state index is 0.383. The Labute approximate surface area is 127 Å². The average molecular weight is 300 g/mol.